The number of nitrogens with zero attached hydrogens (tertiary/aromatic N) is 1. The molecule has 78 valence electrons. The smallest absolute Gasteiger partial charge is 0.324 e. The summed E-state index contributed by atoms with van der Waals surface area (Å²) >= 11 is 0. The Morgan fingerprint density at radius 1 is 1.43 bits per heavy atom. The zero-order valence-corrected chi connectivity index (χ0v) is 8.08. The summed E-state index contributed by atoms with van der Waals surface area (Å²) in [5, 5.41) is 5.79. The van der Waals surface area contributed by atoms with Crippen LogP contribution in [0, 0.1) is 5.92 Å². The molecule has 0 aromatic carbocycles. The third-order valence-corrected chi connectivity index (χ3v) is 2.78. The Labute approximate surface area is 82.8 Å². The normalized spacial score (nSPS) is 28.0. The molecule has 0 spiro atoms. The van der Waals surface area contributed by atoms with Gasteiger partial charge in [-0.2, -0.15) is 0 Å². The Balaban J connectivity index is 1.89. The fourth-order valence-electron chi connectivity index (χ4n) is 1.98. The van der Waals surface area contributed by atoms with E-state index in [9.17, 15) is 9.59 Å². The average molecular weight is 197 g/mol. The molecule has 5 nitrogen and oxygen atoms in total. The van der Waals surface area contributed by atoms with Crippen LogP contribution in [0.15, 0.2) is 0 Å². The molecule has 2 fully saturated rings. The summed E-state index contributed by atoms with van der Waals surface area (Å²) < 4.78 is 0. The van der Waals surface area contributed by atoms with Gasteiger partial charge in [-0.05, 0) is 31.8 Å². The van der Waals surface area contributed by atoms with Crippen molar-refractivity contribution in [3.05, 3.63) is 0 Å². The van der Waals surface area contributed by atoms with E-state index in [-0.39, 0.29) is 18.5 Å². The molecule has 0 saturated carbocycles. The van der Waals surface area contributed by atoms with Crippen LogP contribution >= 0.6 is 0 Å². The van der Waals surface area contributed by atoms with Gasteiger partial charge in [-0.25, -0.2) is 4.79 Å². The van der Waals surface area contributed by atoms with Crippen molar-refractivity contribution < 1.29 is 9.59 Å². The van der Waals surface area contributed by atoms with Crippen molar-refractivity contribution in [2.75, 3.05) is 26.2 Å². The minimum absolute atomic E-state index is 0.0967. The zero-order valence-electron chi connectivity index (χ0n) is 8.08. The van der Waals surface area contributed by atoms with Gasteiger partial charge in [-0.15, -0.1) is 0 Å². The van der Waals surface area contributed by atoms with Crippen molar-refractivity contribution in [1.29, 1.82) is 0 Å². The molecule has 2 saturated heterocycles. The predicted octanol–water partition coefficient (Wildman–Crippen LogP) is -0.462. The molecule has 0 bridgehead atoms. The topological polar surface area (TPSA) is 61.4 Å². The Morgan fingerprint density at radius 2 is 2.29 bits per heavy atom. The highest BCUT2D eigenvalue weighted by Gasteiger charge is 2.30. The van der Waals surface area contributed by atoms with Crippen molar-refractivity contribution in [2.45, 2.75) is 12.8 Å². The van der Waals surface area contributed by atoms with E-state index in [2.05, 4.69) is 10.6 Å². The molecule has 0 unspecified atom stereocenters. The van der Waals surface area contributed by atoms with E-state index in [0.717, 1.165) is 25.9 Å². The summed E-state index contributed by atoms with van der Waals surface area (Å²) in [7, 11) is 0. The van der Waals surface area contributed by atoms with Gasteiger partial charge >= 0.3 is 6.03 Å². The maximum atomic E-state index is 11.3. The molecule has 0 aliphatic carbocycles. The third kappa shape index (κ3) is 1.87. The lowest BCUT2D eigenvalue weighted by Gasteiger charge is -2.25. The average Bonchev–Trinajstić information content (AvgIpc) is 2.51. The number of hydrogen-bond donors (Lipinski definition) is 2. The van der Waals surface area contributed by atoms with Crippen molar-refractivity contribution in [2.24, 2.45) is 5.92 Å². The second-order valence-corrected chi connectivity index (χ2v) is 3.88. The van der Waals surface area contributed by atoms with Crippen LogP contribution in [0.25, 0.3) is 0 Å². The number of nitrogens with one attached hydrogen (secondary N) is 2. The zero-order chi connectivity index (χ0) is 9.97. The summed E-state index contributed by atoms with van der Waals surface area (Å²) in [5.74, 6) is 0.331. The van der Waals surface area contributed by atoms with Gasteiger partial charge in [0.2, 0.25) is 5.91 Å². The molecule has 0 aromatic rings. The quantitative estimate of drug-likeness (QED) is 0.589. The van der Waals surface area contributed by atoms with Crippen LogP contribution < -0.4 is 10.6 Å². The minimum Gasteiger partial charge on any atom is -0.329 e. The van der Waals surface area contributed by atoms with Gasteiger partial charge in [0.15, 0.2) is 0 Å². The van der Waals surface area contributed by atoms with E-state index in [1.54, 1.807) is 0 Å². The molecule has 0 aromatic heterocycles. The molecule has 2 aliphatic rings. The van der Waals surface area contributed by atoms with E-state index in [0.29, 0.717) is 12.5 Å². The predicted molar refractivity (Wildman–Crippen MR) is 50.7 cm³/mol. The van der Waals surface area contributed by atoms with E-state index >= 15 is 0 Å². The second kappa shape index (κ2) is 3.96. The number of imide groups is 1. The van der Waals surface area contributed by atoms with Gasteiger partial charge in [0, 0.05) is 6.54 Å². The lowest BCUT2D eigenvalue weighted by Crippen LogP contribution is -2.41. The maximum Gasteiger partial charge on any atom is 0.324 e. The lowest BCUT2D eigenvalue weighted by molar-refractivity contribution is -0.125. The second-order valence-electron chi connectivity index (χ2n) is 3.88. The van der Waals surface area contributed by atoms with Crippen molar-refractivity contribution in [3.63, 3.8) is 0 Å². The van der Waals surface area contributed by atoms with E-state index in [1.807, 2.05) is 0 Å². The van der Waals surface area contributed by atoms with Gasteiger partial charge in [0.1, 0.15) is 0 Å². The molecule has 14 heavy (non-hydrogen) atoms. The molecule has 2 rings (SSSR count). The highest BCUT2D eigenvalue weighted by molar-refractivity contribution is 6.01. The Morgan fingerprint density at radius 3 is 2.86 bits per heavy atom. The van der Waals surface area contributed by atoms with Crippen LogP contribution in [-0.2, 0) is 4.79 Å². The number of rotatable bonds is 2. The minimum atomic E-state index is -0.236. The van der Waals surface area contributed by atoms with Crippen LogP contribution in [0.4, 0.5) is 4.79 Å². The first-order valence-corrected chi connectivity index (χ1v) is 5.06. The first kappa shape index (κ1) is 9.45. The van der Waals surface area contributed by atoms with Gasteiger partial charge in [0.25, 0.3) is 0 Å². The van der Waals surface area contributed by atoms with Gasteiger partial charge in [-0.3, -0.25) is 9.69 Å². The molecule has 5 heteroatoms. The van der Waals surface area contributed by atoms with Crippen LogP contribution in [0.5, 0.6) is 0 Å². The van der Waals surface area contributed by atoms with Crippen LogP contribution in [0.2, 0.25) is 0 Å². The number of urea groups is 1. The molecule has 0 radical (unpaired) electrons. The first-order chi connectivity index (χ1) is 6.77. The molecule has 2 heterocycles. The summed E-state index contributed by atoms with van der Waals surface area (Å²) in [6, 6.07) is -0.236. The molecule has 2 aliphatic heterocycles. The van der Waals surface area contributed by atoms with Gasteiger partial charge < -0.3 is 10.6 Å². The third-order valence-electron chi connectivity index (χ3n) is 2.78. The fraction of sp³-hybridized carbons (Fsp3) is 0.778. The van der Waals surface area contributed by atoms with Crippen molar-refractivity contribution in [3.8, 4) is 0 Å². The Bertz CT molecular complexity index is 232. The van der Waals surface area contributed by atoms with Crippen molar-refractivity contribution in [1.82, 2.24) is 15.5 Å². The highest BCUT2D eigenvalue weighted by atomic mass is 16.2. The maximum absolute atomic E-state index is 11.3. The number of hydrogen-bond acceptors (Lipinski definition) is 3. The number of carbonyl (C=O) groups is 2. The highest BCUT2D eigenvalue weighted by Crippen LogP contribution is 2.13. The fourth-order valence-corrected chi connectivity index (χ4v) is 1.98. The standard InChI is InChI=1S/C9H15N3O2/c13-8-5-11-9(14)12(8)6-7-2-1-3-10-4-7/h7,10H,1-6H2,(H,11,14)/t7-/m1/s1. The number of carbonyl (C=O) groups excluding carboxylic acids is 2. The lowest BCUT2D eigenvalue weighted by atomic mass is 9.99. The molecule has 3 amide bonds. The molecule has 1 atom stereocenters. The summed E-state index contributed by atoms with van der Waals surface area (Å²) in [6.45, 7) is 2.70. The van der Waals surface area contributed by atoms with E-state index in [1.165, 1.54) is 4.90 Å². The Kier molecular flexibility index (Phi) is 2.67. The Hall–Kier alpha value is -1.10. The number of piperidine rings is 1. The largest absolute Gasteiger partial charge is 0.329 e. The van der Waals surface area contributed by atoms with Crippen molar-refractivity contribution >= 4 is 11.9 Å². The summed E-state index contributed by atoms with van der Waals surface area (Å²) in [5.41, 5.74) is 0. The van der Waals surface area contributed by atoms with E-state index < -0.39 is 0 Å². The molecular weight excluding hydrogens is 182 g/mol. The first-order valence-electron chi connectivity index (χ1n) is 5.06. The summed E-state index contributed by atoms with van der Waals surface area (Å²) in [6.07, 6.45) is 2.23. The molecule has 2 N–H and O–H groups in total. The molecular formula is C9H15N3O2. The van der Waals surface area contributed by atoms with Crippen LogP contribution in [0.3, 0.4) is 0 Å². The van der Waals surface area contributed by atoms with Gasteiger partial charge in [-0.1, -0.05) is 0 Å². The van der Waals surface area contributed by atoms with Crippen LogP contribution in [0.1, 0.15) is 12.8 Å². The van der Waals surface area contributed by atoms with Crippen LogP contribution in [-0.4, -0.2) is 43.0 Å². The number of amides is 3. The van der Waals surface area contributed by atoms with E-state index in [4.69, 9.17) is 0 Å². The monoisotopic (exact) mass is 197 g/mol. The summed E-state index contributed by atoms with van der Waals surface area (Å²) in [4.78, 5) is 23.8. The SMILES string of the molecule is O=C1CNC(=O)N1C[C@@H]1CCCNC1. The van der Waals surface area contributed by atoms with Gasteiger partial charge in [0.05, 0.1) is 6.54 Å².